The van der Waals surface area contributed by atoms with Crippen molar-refractivity contribution >= 4 is 30.7 Å². The van der Waals surface area contributed by atoms with Gasteiger partial charge in [0.2, 0.25) is 0 Å². The fourth-order valence-electron chi connectivity index (χ4n) is 9.34. The van der Waals surface area contributed by atoms with Gasteiger partial charge in [-0.3, -0.25) is 4.79 Å². The van der Waals surface area contributed by atoms with Crippen LogP contribution in [-0.4, -0.2) is 60.3 Å². The molecule has 0 spiro atoms. The summed E-state index contributed by atoms with van der Waals surface area (Å²) >= 11 is 0. The van der Waals surface area contributed by atoms with E-state index in [1.165, 1.54) is 25.7 Å². The summed E-state index contributed by atoms with van der Waals surface area (Å²) in [6.07, 6.45) is 8.76. The van der Waals surface area contributed by atoms with Crippen molar-refractivity contribution in [2.45, 2.75) is 142 Å². The maximum Gasteiger partial charge on any atom is 0.189 e. The van der Waals surface area contributed by atoms with Gasteiger partial charge in [0.25, 0.3) is 0 Å². The number of ketones is 1. The lowest BCUT2D eigenvalue weighted by molar-refractivity contribution is -0.198. The largest absolute Gasteiger partial charge is 0.415 e. The molecule has 0 amide bonds. The number of carbonyl (C=O) groups excluding carboxylic acids is 1. The van der Waals surface area contributed by atoms with Gasteiger partial charge in [-0.2, -0.15) is 0 Å². The van der Waals surface area contributed by atoms with Crippen molar-refractivity contribution in [3.05, 3.63) is 0 Å². The molecule has 4 aliphatic rings. The molecule has 9 atom stereocenters. The average molecular weight is 583 g/mol. The van der Waals surface area contributed by atoms with Gasteiger partial charge in [-0.25, -0.2) is 0 Å². The van der Waals surface area contributed by atoms with Crippen molar-refractivity contribution in [2.24, 2.45) is 34.5 Å². The number of aliphatic hydroxyl groups is 1. The van der Waals surface area contributed by atoms with Gasteiger partial charge in [0.1, 0.15) is 5.60 Å². The van der Waals surface area contributed by atoms with Gasteiger partial charge in [-0.15, -0.1) is 0 Å². The van der Waals surface area contributed by atoms with Crippen LogP contribution < -0.4 is 0 Å². The quantitative estimate of drug-likeness (QED) is 0.306. The van der Waals surface area contributed by atoms with E-state index in [-0.39, 0.29) is 23.9 Å². The Labute approximate surface area is 236 Å². The monoisotopic (exact) mass is 582 g/mol. The molecule has 0 aromatic carbocycles. The molecule has 4 saturated carbocycles. The SMILES string of the molecule is C[C@]12CCC(O[Si](C)(C)C)CC1CC[C@@H]1[C@@H]2C(O[Si](C)(C)C)C[C@@]2(C)[C@H]1CC[C@]2(O)C(=O)CO[Si](C)(C)C. The lowest BCUT2D eigenvalue weighted by Gasteiger charge is -2.64. The minimum absolute atomic E-state index is 0.0421. The van der Waals surface area contributed by atoms with E-state index < -0.39 is 36.0 Å². The van der Waals surface area contributed by atoms with Crippen LogP contribution in [0.1, 0.15) is 65.2 Å². The Hall–Kier alpha value is 0.161. The Morgan fingerprint density at radius 1 is 0.842 bits per heavy atom. The number of hydrogen-bond donors (Lipinski definition) is 1. The molecule has 8 heteroatoms. The summed E-state index contributed by atoms with van der Waals surface area (Å²) in [7, 11) is -5.27. The molecule has 3 unspecified atom stereocenters. The molecule has 0 radical (unpaired) electrons. The van der Waals surface area contributed by atoms with Crippen LogP contribution in [0.25, 0.3) is 0 Å². The third-order valence-electron chi connectivity index (χ3n) is 10.8. The molecule has 38 heavy (non-hydrogen) atoms. The highest BCUT2D eigenvalue weighted by Crippen LogP contribution is 2.69. The molecular weight excluding hydrogens is 525 g/mol. The number of rotatable bonds is 8. The summed E-state index contributed by atoms with van der Waals surface area (Å²) < 4.78 is 19.8. The number of hydrogen-bond acceptors (Lipinski definition) is 5. The van der Waals surface area contributed by atoms with Gasteiger partial charge >= 0.3 is 0 Å². The number of carbonyl (C=O) groups is 1. The molecule has 220 valence electrons. The second-order valence-corrected chi connectivity index (χ2v) is 30.3. The second-order valence-electron chi connectivity index (χ2n) is 16.8. The van der Waals surface area contributed by atoms with Crippen LogP contribution in [0.2, 0.25) is 58.9 Å². The Balaban J connectivity index is 1.65. The zero-order chi connectivity index (χ0) is 28.5. The maximum atomic E-state index is 13.7. The zero-order valence-corrected chi connectivity index (χ0v) is 29.4. The van der Waals surface area contributed by atoms with Gasteiger partial charge in [-0.05, 0) is 139 Å². The second kappa shape index (κ2) is 10.2. The first-order valence-electron chi connectivity index (χ1n) is 15.4. The average Bonchev–Trinajstić information content (AvgIpc) is 3.01. The summed E-state index contributed by atoms with van der Waals surface area (Å²) in [5.74, 6) is 1.94. The Morgan fingerprint density at radius 3 is 2.05 bits per heavy atom. The van der Waals surface area contributed by atoms with E-state index in [9.17, 15) is 9.90 Å². The van der Waals surface area contributed by atoms with Gasteiger partial charge < -0.3 is 18.4 Å². The molecule has 0 bridgehead atoms. The van der Waals surface area contributed by atoms with Gasteiger partial charge in [0.15, 0.2) is 30.7 Å². The van der Waals surface area contributed by atoms with E-state index >= 15 is 0 Å². The standard InChI is InChI=1S/C30H58O5Si3/c1-28-16-14-22(34-37(6,7)8)18-21(28)12-13-23-24-15-17-30(32,26(31)20-33-36(3,4)5)29(24,2)19-25(27(23)28)35-38(9,10)11/h21-25,27,32H,12-20H2,1-11H3/t21?,22?,23-,24-,25?,27+,28-,29-,30-/m0/s1. The van der Waals surface area contributed by atoms with E-state index in [1.54, 1.807) is 0 Å². The van der Waals surface area contributed by atoms with Crippen molar-refractivity contribution in [1.29, 1.82) is 0 Å². The molecule has 4 fully saturated rings. The Kier molecular flexibility index (Phi) is 8.32. The smallest absolute Gasteiger partial charge is 0.189 e. The number of fused-ring (bicyclic) bond motifs is 5. The maximum absolute atomic E-state index is 13.7. The van der Waals surface area contributed by atoms with Crippen molar-refractivity contribution in [3.8, 4) is 0 Å². The lowest BCUT2D eigenvalue weighted by atomic mass is 9.43. The Morgan fingerprint density at radius 2 is 1.47 bits per heavy atom. The third kappa shape index (κ3) is 5.88. The van der Waals surface area contributed by atoms with E-state index in [4.69, 9.17) is 13.3 Å². The van der Waals surface area contributed by atoms with Crippen LogP contribution in [-0.2, 0) is 18.1 Å². The van der Waals surface area contributed by atoms with Crippen molar-refractivity contribution < 1.29 is 23.2 Å². The predicted octanol–water partition coefficient (Wildman–Crippen LogP) is 7.23. The fourth-order valence-corrected chi connectivity index (χ4v) is 12.3. The minimum Gasteiger partial charge on any atom is -0.415 e. The van der Waals surface area contributed by atoms with E-state index in [0.29, 0.717) is 36.2 Å². The highest BCUT2D eigenvalue weighted by atomic mass is 28.4. The van der Waals surface area contributed by atoms with E-state index in [1.807, 2.05) is 0 Å². The summed E-state index contributed by atoms with van der Waals surface area (Å²) in [5, 5.41) is 12.2. The first kappa shape index (κ1) is 31.1. The molecule has 5 nitrogen and oxygen atoms in total. The predicted molar refractivity (Wildman–Crippen MR) is 163 cm³/mol. The summed E-state index contributed by atoms with van der Waals surface area (Å²) in [5.41, 5.74) is -1.54. The van der Waals surface area contributed by atoms with Crippen LogP contribution in [0.5, 0.6) is 0 Å². The summed E-state index contributed by atoms with van der Waals surface area (Å²) in [4.78, 5) is 13.7. The summed E-state index contributed by atoms with van der Waals surface area (Å²) in [6.45, 7) is 25.0. The summed E-state index contributed by atoms with van der Waals surface area (Å²) in [6, 6.07) is 0. The molecule has 0 aromatic heterocycles. The van der Waals surface area contributed by atoms with Crippen LogP contribution in [0, 0.1) is 34.5 Å². The van der Waals surface area contributed by atoms with Crippen molar-refractivity contribution in [1.82, 2.24) is 0 Å². The molecule has 4 rings (SSSR count). The molecule has 0 aromatic rings. The van der Waals surface area contributed by atoms with Gasteiger partial charge in [-0.1, -0.05) is 13.8 Å². The number of Topliss-reactive ketones (excluding diaryl/α,β-unsaturated/α-hetero) is 1. The first-order valence-corrected chi connectivity index (χ1v) is 25.7. The van der Waals surface area contributed by atoms with Gasteiger partial charge in [0, 0.05) is 17.6 Å². The van der Waals surface area contributed by atoms with Gasteiger partial charge in [0.05, 0.1) is 6.61 Å². The normalized spacial score (nSPS) is 43.8. The molecule has 0 aliphatic heterocycles. The topological polar surface area (TPSA) is 65.0 Å². The van der Waals surface area contributed by atoms with E-state index in [0.717, 1.165) is 19.3 Å². The highest BCUT2D eigenvalue weighted by Gasteiger charge is 2.69. The van der Waals surface area contributed by atoms with Crippen LogP contribution >= 0.6 is 0 Å². The fraction of sp³-hybridized carbons (Fsp3) is 0.967. The van der Waals surface area contributed by atoms with Crippen LogP contribution in [0.3, 0.4) is 0 Å². The van der Waals surface area contributed by atoms with E-state index in [2.05, 4.69) is 72.8 Å². The molecule has 0 saturated heterocycles. The third-order valence-corrected chi connectivity index (χ3v) is 13.9. The zero-order valence-electron chi connectivity index (χ0n) is 26.4. The van der Waals surface area contributed by atoms with Crippen LogP contribution in [0.15, 0.2) is 0 Å². The first-order chi connectivity index (χ1) is 17.2. The van der Waals surface area contributed by atoms with Crippen LogP contribution in [0.4, 0.5) is 0 Å². The molecule has 0 heterocycles. The van der Waals surface area contributed by atoms with Crippen molar-refractivity contribution in [2.75, 3.05) is 6.61 Å². The lowest BCUT2D eigenvalue weighted by Crippen LogP contribution is -2.64. The molecular formula is C30H58O5Si3. The molecule has 4 aliphatic carbocycles. The highest BCUT2D eigenvalue weighted by molar-refractivity contribution is 6.70. The molecule has 1 N–H and O–H groups in total. The minimum atomic E-state index is -1.85. The Bertz CT molecular complexity index is 892. The van der Waals surface area contributed by atoms with Crippen molar-refractivity contribution in [3.63, 3.8) is 0 Å².